The standard InChI is InChI=1S/C15H18F3NO2/c16-15(17,18)13-7-6-11(10-12(13)14(20)21)19-8-4-2-1-3-5-9-19/h6-7,10H,1-5,8-9H2,(H,20,21). The molecule has 1 N–H and O–H groups in total. The van der Waals surface area contributed by atoms with Gasteiger partial charge >= 0.3 is 12.1 Å². The summed E-state index contributed by atoms with van der Waals surface area (Å²) in [5.74, 6) is -1.55. The first kappa shape index (κ1) is 15.7. The van der Waals surface area contributed by atoms with Crippen LogP contribution in [0.5, 0.6) is 0 Å². The average molecular weight is 301 g/mol. The molecule has 0 amide bonds. The molecule has 1 aromatic rings. The molecule has 6 heteroatoms. The minimum Gasteiger partial charge on any atom is -0.478 e. The molecule has 21 heavy (non-hydrogen) atoms. The first-order valence-electron chi connectivity index (χ1n) is 7.09. The first-order chi connectivity index (χ1) is 9.89. The Kier molecular flexibility index (Phi) is 4.75. The van der Waals surface area contributed by atoms with Gasteiger partial charge in [0, 0.05) is 18.8 Å². The van der Waals surface area contributed by atoms with Crippen LogP contribution in [0.25, 0.3) is 0 Å². The van der Waals surface area contributed by atoms with Crippen molar-refractivity contribution in [3.05, 3.63) is 29.3 Å². The van der Waals surface area contributed by atoms with Crippen molar-refractivity contribution >= 4 is 11.7 Å². The van der Waals surface area contributed by atoms with E-state index >= 15 is 0 Å². The van der Waals surface area contributed by atoms with E-state index in [1.54, 1.807) is 0 Å². The highest BCUT2D eigenvalue weighted by atomic mass is 19.4. The highest BCUT2D eigenvalue weighted by molar-refractivity contribution is 5.91. The Morgan fingerprint density at radius 3 is 2.14 bits per heavy atom. The summed E-state index contributed by atoms with van der Waals surface area (Å²) in [5.41, 5.74) is -1.21. The van der Waals surface area contributed by atoms with Crippen molar-refractivity contribution in [1.29, 1.82) is 0 Å². The third-order valence-corrected chi connectivity index (χ3v) is 3.76. The minimum absolute atomic E-state index is 0.558. The number of nitrogens with zero attached hydrogens (tertiary/aromatic N) is 1. The number of hydrogen-bond acceptors (Lipinski definition) is 2. The molecular formula is C15H18F3NO2. The van der Waals surface area contributed by atoms with Crippen LogP contribution in [0.4, 0.5) is 18.9 Å². The fourth-order valence-electron chi connectivity index (χ4n) is 2.66. The topological polar surface area (TPSA) is 40.5 Å². The maximum absolute atomic E-state index is 12.8. The molecule has 2 rings (SSSR count). The van der Waals surface area contributed by atoms with Crippen LogP contribution in [0.15, 0.2) is 18.2 Å². The van der Waals surface area contributed by atoms with Gasteiger partial charge in [-0.05, 0) is 31.0 Å². The van der Waals surface area contributed by atoms with Gasteiger partial charge in [0.25, 0.3) is 0 Å². The van der Waals surface area contributed by atoms with Crippen molar-refractivity contribution in [1.82, 2.24) is 0 Å². The summed E-state index contributed by atoms with van der Waals surface area (Å²) >= 11 is 0. The van der Waals surface area contributed by atoms with Gasteiger partial charge in [-0.2, -0.15) is 13.2 Å². The van der Waals surface area contributed by atoms with E-state index in [9.17, 15) is 18.0 Å². The fraction of sp³-hybridized carbons (Fsp3) is 0.533. The lowest BCUT2D eigenvalue weighted by atomic mass is 10.0. The number of carboxylic acid groups (broad SMARTS) is 1. The van der Waals surface area contributed by atoms with Gasteiger partial charge in [-0.3, -0.25) is 0 Å². The van der Waals surface area contributed by atoms with Crippen LogP contribution in [0.3, 0.4) is 0 Å². The number of aromatic carboxylic acids is 1. The van der Waals surface area contributed by atoms with Gasteiger partial charge < -0.3 is 10.0 Å². The number of anilines is 1. The summed E-state index contributed by atoms with van der Waals surface area (Å²) in [6.45, 7) is 1.51. The summed E-state index contributed by atoms with van der Waals surface area (Å²) < 4.78 is 38.5. The van der Waals surface area contributed by atoms with Crippen LogP contribution < -0.4 is 4.90 Å². The van der Waals surface area contributed by atoms with Gasteiger partial charge in [-0.1, -0.05) is 19.3 Å². The number of rotatable bonds is 2. The highest BCUT2D eigenvalue weighted by Crippen LogP contribution is 2.34. The summed E-state index contributed by atoms with van der Waals surface area (Å²) in [4.78, 5) is 13.1. The van der Waals surface area contributed by atoms with Gasteiger partial charge in [0.2, 0.25) is 0 Å². The van der Waals surface area contributed by atoms with E-state index in [0.29, 0.717) is 5.69 Å². The number of benzene rings is 1. The number of hydrogen-bond donors (Lipinski definition) is 1. The zero-order chi connectivity index (χ0) is 15.5. The Morgan fingerprint density at radius 1 is 1.05 bits per heavy atom. The van der Waals surface area contributed by atoms with E-state index in [-0.39, 0.29) is 0 Å². The van der Waals surface area contributed by atoms with Gasteiger partial charge in [0.15, 0.2) is 0 Å². The van der Waals surface area contributed by atoms with E-state index in [1.807, 2.05) is 4.90 Å². The molecule has 3 nitrogen and oxygen atoms in total. The zero-order valence-corrected chi connectivity index (χ0v) is 11.6. The number of carbonyl (C=O) groups is 1. The smallest absolute Gasteiger partial charge is 0.417 e. The molecule has 0 radical (unpaired) electrons. The van der Waals surface area contributed by atoms with E-state index in [1.165, 1.54) is 12.5 Å². The monoisotopic (exact) mass is 301 g/mol. The van der Waals surface area contributed by atoms with Gasteiger partial charge in [0.05, 0.1) is 11.1 Å². The van der Waals surface area contributed by atoms with Crippen molar-refractivity contribution in [2.75, 3.05) is 18.0 Å². The quantitative estimate of drug-likeness (QED) is 0.891. The van der Waals surface area contributed by atoms with Crippen LogP contribution >= 0.6 is 0 Å². The molecule has 0 spiro atoms. The molecule has 1 aliphatic rings. The molecule has 0 atom stereocenters. The van der Waals surface area contributed by atoms with E-state index in [2.05, 4.69) is 0 Å². The van der Waals surface area contributed by atoms with Crippen LogP contribution in [0.1, 0.15) is 48.0 Å². The average Bonchev–Trinajstić information content (AvgIpc) is 2.36. The molecule has 0 aliphatic carbocycles. The first-order valence-corrected chi connectivity index (χ1v) is 7.09. The molecule has 1 fully saturated rings. The summed E-state index contributed by atoms with van der Waals surface area (Å²) in [7, 11) is 0. The second-order valence-electron chi connectivity index (χ2n) is 5.29. The Balaban J connectivity index is 2.32. The predicted molar refractivity (Wildman–Crippen MR) is 73.7 cm³/mol. The third-order valence-electron chi connectivity index (χ3n) is 3.76. The van der Waals surface area contributed by atoms with Crippen LogP contribution in [0.2, 0.25) is 0 Å². The summed E-state index contributed by atoms with van der Waals surface area (Å²) in [6.07, 6.45) is 0.683. The molecule has 1 aromatic carbocycles. The zero-order valence-electron chi connectivity index (χ0n) is 11.6. The van der Waals surface area contributed by atoms with Gasteiger partial charge in [-0.25, -0.2) is 4.79 Å². The second-order valence-corrected chi connectivity index (χ2v) is 5.29. The van der Waals surface area contributed by atoms with Crippen molar-refractivity contribution in [2.45, 2.75) is 38.3 Å². The van der Waals surface area contributed by atoms with Crippen molar-refractivity contribution < 1.29 is 23.1 Å². The fourth-order valence-corrected chi connectivity index (χ4v) is 2.66. The van der Waals surface area contributed by atoms with Crippen molar-refractivity contribution in [3.8, 4) is 0 Å². The van der Waals surface area contributed by atoms with Crippen molar-refractivity contribution in [2.24, 2.45) is 0 Å². The lowest BCUT2D eigenvalue weighted by molar-refractivity contribution is -0.138. The summed E-state index contributed by atoms with van der Waals surface area (Å²) in [5, 5.41) is 9.03. The maximum atomic E-state index is 12.8. The molecular weight excluding hydrogens is 283 g/mol. The van der Waals surface area contributed by atoms with Crippen molar-refractivity contribution in [3.63, 3.8) is 0 Å². The maximum Gasteiger partial charge on any atom is 0.417 e. The van der Waals surface area contributed by atoms with Crippen LogP contribution in [-0.4, -0.2) is 24.2 Å². The number of halogens is 3. The molecule has 116 valence electrons. The minimum atomic E-state index is -4.65. The lowest BCUT2D eigenvalue weighted by Gasteiger charge is -2.27. The Hall–Kier alpha value is -1.72. The number of carboxylic acids is 1. The third kappa shape index (κ3) is 3.89. The molecule has 0 saturated carbocycles. The largest absolute Gasteiger partial charge is 0.478 e. The normalized spacial score (nSPS) is 17.2. The van der Waals surface area contributed by atoms with Crippen LogP contribution in [-0.2, 0) is 6.18 Å². The molecule has 1 aliphatic heterocycles. The lowest BCUT2D eigenvalue weighted by Crippen LogP contribution is -2.27. The molecule has 0 aromatic heterocycles. The van der Waals surface area contributed by atoms with E-state index in [4.69, 9.17) is 5.11 Å². The number of alkyl halides is 3. The Bertz CT molecular complexity index is 506. The molecule has 1 saturated heterocycles. The van der Waals surface area contributed by atoms with E-state index in [0.717, 1.165) is 50.9 Å². The van der Waals surface area contributed by atoms with Gasteiger partial charge in [0.1, 0.15) is 0 Å². The van der Waals surface area contributed by atoms with E-state index < -0.39 is 23.3 Å². The summed E-state index contributed by atoms with van der Waals surface area (Å²) in [6, 6.07) is 3.39. The highest BCUT2D eigenvalue weighted by Gasteiger charge is 2.35. The molecule has 0 bridgehead atoms. The predicted octanol–water partition coefficient (Wildman–Crippen LogP) is 4.17. The Morgan fingerprint density at radius 2 is 1.62 bits per heavy atom. The van der Waals surface area contributed by atoms with Gasteiger partial charge in [-0.15, -0.1) is 0 Å². The molecule has 0 unspecified atom stereocenters. The molecule has 1 heterocycles. The Labute approximate surface area is 121 Å². The second kappa shape index (κ2) is 6.37. The SMILES string of the molecule is O=C(O)c1cc(N2CCCCCCC2)ccc1C(F)(F)F. The van der Waals surface area contributed by atoms with Crippen LogP contribution in [0, 0.1) is 0 Å².